The lowest BCUT2D eigenvalue weighted by Crippen LogP contribution is -2.05. The molecule has 3 nitrogen and oxygen atoms in total. The van der Waals surface area contributed by atoms with Crippen molar-refractivity contribution in [1.29, 1.82) is 0 Å². The molecule has 1 N–H and O–H groups in total. The van der Waals surface area contributed by atoms with Crippen molar-refractivity contribution < 1.29 is 14.6 Å². The molecule has 0 aliphatic rings. The molecule has 1 aromatic rings. The van der Waals surface area contributed by atoms with Gasteiger partial charge in [0.25, 0.3) is 0 Å². The lowest BCUT2D eigenvalue weighted by Gasteiger charge is -2.12. The Bertz CT molecular complexity index is 363. The van der Waals surface area contributed by atoms with Gasteiger partial charge in [-0.15, -0.1) is 11.6 Å². The fourth-order valence-corrected chi connectivity index (χ4v) is 1.53. The highest BCUT2D eigenvalue weighted by Gasteiger charge is 2.16. The van der Waals surface area contributed by atoms with Gasteiger partial charge in [0.15, 0.2) is 5.78 Å². The van der Waals surface area contributed by atoms with E-state index in [0.29, 0.717) is 16.9 Å². The number of alkyl halides is 1. The Morgan fingerprint density at radius 1 is 1.60 bits per heavy atom. The number of halogens is 1. The second-order valence-electron chi connectivity index (χ2n) is 3.20. The molecule has 0 fully saturated rings. The average molecular weight is 229 g/mol. The highest BCUT2D eigenvalue weighted by atomic mass is 35.5. The van der Waals surface area contributed by atoms with Crippen molar-refractivity contribution in [2.75, 3.05) is 7.11 Å². The Kier molecular flexibility index (Phi) is 4.12. The summed E-state index contributed by atoms with van der Waals surface area (Å²) in [7, 11) is 1.54. The minimum Gasteiger partial charge on any atom is -0.497 e. The average Bonchev–Trinajstić information content (AvgIpc) is 2.27. The number of carbonyl (C=O) groups is 1. The van der Waals surface area contributed by atoms with Gasteiger partial charge in [0.05, 0.1) is 13.7 Å². The molecule has 0 aromatic heterocycles. The maximum absolute atomic E-state index is 11.1. The van der Waals surface area contributed by atoms with Crippen molar-refractivity contribution in [2.24, 2.45) is 0 Å². The minimum atomic E-state index is -0.710. The van der Waals surface area contributed by atoms with Gasteiger partial charge >= 0.3 is 0 Å². The molecular formula is C11H13ClO3. The van der Waals surface area contributed by atoms with E-state index in [9.17, 15) is 4.79 Å². The van der Waals surface area contributed by atoms with Crippen molar-refractivity contribution in [3.63, 3.8) is 0 Å². The van der Waals surface area contributed by atoms with Gasteiger partial charge in [-0.2, -0.15) is 0 Å². The lowest BCUT2D eigenvalue weighted by atomic mass is 10.0. The van der Waals surface area contributed by atoms with Crippen LogP contribution in [0.25, 0.3) is 0 Å². The third-order valence-electron chi connectivity index (χ3n) is 2.15. The zero-order valence-corrected chi connectivity index (χ0v) is 9.41. The molecule has 0 aliphatic carbocycles. The van der Waals surface area contributed by atoms with E-state index in [1.807, 2.05) is 0 Å². The first-order chi connectivity index (χ1) is 7.10. The number of aliphatic hydroxyl groups is 1. The summed E-state index contributed by atoms with van der Waals surface area (Å²) in [5.41, 5.74) is 1.25. The van der Waals surface area contributed by atoms with E-state index in [2.05, 4.69) is 0 Å². The Balaban J connectivity index is 3.12. The number of benzene rings is 1. The molecule has 82 valence electrons. The predicted octanol–water partition coefficient (Wildman–Crippen LogP) is 2.06. The maximum atomic E-state index is 11.1. The van der Waals surface area contributed by atoms with E-state index in [4.69, 9.17) is 21.4 Å². The smallest absolute Gasteiger partial charge is 0.152 e. The van der Waals surface area contributed by atoms with E-state index in [1.165, 1.54) is 6.92 Å². The summed E-state index contributed by atoms with van der Waals surface area (Å²) in [6.45, 7) is 1.26. The predicted molar refractivity (Wildman–Crippen MR) is 58.2 cm³/mol. The quantitative estimate of drug-likeness (QED) is 0.803. The Morgan fingerprint density at radius 3 is 2.73 bits per heavy atom. The second kappa shape index (κ2) is 5.14. The Labute approximate surface area is 93.6 Å². The summed E-state index contributed by atoms with van der Waals surface area (Å²) < 4.78 is 5.01. The van der Waals surface area contributed by atoms with Crippen LogP contribution in [0.1, 0.15) is 23.4 Å². The van der Waals surface area contributed by atoms with Crippen molar-refractivity contribution in [3.05, 3.63) is 29.3 Å². The van der Waals surface area contributed by atoms with Crippen molar-refractivity contribution in [3.8, 4) is 5.75 Å². The van der Waals surface area contributed by atoms with Gasteiger partial charge in [-0.25, -0.2) is 0 Å². The van der Waals surface area contributed by atoms with Gasteiger partial charge in [0.1, 0.15) is 11.1 Å². The molecule has 0 spiro atoms. The van der Waals surface area contributed by atoms with Crippen molar-refractivity contribution in [1.82, 2.24) is 0 Å². The van der Waals surface area contributed by atoms with E-state index in [0.717, 1.165) is 0 Å². The number of ketones is 1. The molecule has 0 heterocycles. The molecular weight excluding hydrogens is 216 g/mol. The van der Waals surface area contributed by atoms with Crippen LogP contribution in [0.2, 0.25) is 0 Å². The number of aliphatic hydroxyl groups excluding tert-OH is 1. The van der Waals surface area contributed by atoms with Crippen LogP contribution in [0.15, 0.2) is 18.2 Å². The minimum absolute atomic E-state index is 0.142. The standard InChI is InChI=1S/C11H13ClO3/c1-7(14)11(12)10-4-3-9(15-2)5-8(10)6-13/h3-5,11,13H,6H2,1-2H3. The molecule has 0 saturated heterocycles. The van der Waals surface area contributed by atoms with Crippen molar-refractivity contribution in [2.45, 2.75) is 18.9 Å². The zero-order valence-electron chi connectivity index (χ0n) is 8.66. The van der Waals surface area contributed by atoms with Gasteiger partial charge in [-0.1, -0.05) is 6.07 Å². The molecule has 4 heteroatoms. The molecule has 0 amide bonds. The molecule has 0 radical (unpaired) electrons. The van der Waals surface area contributed by atoms with Gasteiger partial charge in [0.2, 0.25) is 0 Å². The van der Waals surface area contributed by atoms with Crippen LogP contribution in [0.5, 0.6) is 5.75 Å². The first kappa shape index (κ1) is 12.0. The van der Waals surface area contributed by atoms with Crippen LogP contribution in [0.4, 0.5) is 0 Å². The number of methoxy groups -OCH3 is 1. The Hall–Kier alpha value is -1.06. The fraction of sp³-hybridized carbons (Fsp3) is 0.364. The maximum Gasteiger partial charge on any atom is 0.152 e. The highest BCUT2D eigenvalue weighted by molar-refractivity contribution is 6.30. The molecule has 0 bridgehead atoms. The third kappa shape index (κ3) is 2.70. The molecule has 1 rings (SSSR count). The fourth-order valence-electron chi connectivity index (χ4n) is 1.31. The van der Waals surface area contributed by atoms with Gasteiger partial charge in [-0.05, 0) is 30.2 Å². The number of hydrogen-bond donors (Lipinski definition) is 1. The zero-order chi connectivity index (χ0) is 11.4. The number of hydrogen-bond acceptors (Lipinski definition) is 3. The first-order valence-corrected chi connectivity index (χ1v) is 4.96. The van der Waals surface area contributed by atoms with E-state index < -0.39 is 5.38 Å². The monoisotopic (exact) mass is 228 g/mol. The number of rotatable bonds is 4. The summed E-state index contributed by atoms with van der Waals surface area (Å²) in [6, 6.07) is 5.09. The van der Waals surface area contributed by atoms with E-state index in [-0.39, 0.29) is 12.4 Å². The lowest BCUT2D eigenvalue weighted by molar-refractivity contribution is -0.116. The molecule has 1 aromatic carbocycles. The summed E-state index contributed by atoms with van der Waals surface area (Å²) in [4.78, 5) is 11.1. The molecule has 15 heavy (non-hydrogen) atoms. The number of Topliss-reactive ketones (excluding diaryl/α,β-unsaturated/α-hetero) is 1. The van der Waals surface area contributed by atoms with E-state index in [1.54, 1.807) is 25.3 Å². The van der Waals surface area contributed by atoms with Crippen LogP contribution in [0, 0.1) is 0 Å². The van der Waals surface area contributed by atoms with E-state index >= 15 is 0 Å². The summed E-state index contributed by atoms with van der Waals surface area (Å²) >= 11 is 5.92. The summed E-state index contributed by atoms with van der Waals surface area (Å²) in [5.74, 6) is 0.492. The summed E-state index contributed by atoms with van der Waals surface area (Å²) in [6.07, 6.45) is 0. The van der Waals surface area contributed by atoms with Crippen LogP contribution in [0.3, 0.4) is 0 Å². The third-order valence-corrected chi connectivity index (χ3v) is 2.69. The molecule has 0 aliphatic heterocycles. The van der Waals surface area contributed by atoms with Crippen LogP contribution >= 0.6 is 11.6 Å². The van der Waals surface area contributed by atoms with Crippen molar-refractivity contribution >= 4 is 17.4 Å². The van der Waals surface area contributed by atoms with Crippen LogP contribution < -0.4 is 4.74 Å². The largest absolute Gasteiger partial charge is 0.497 e. The normalized spacial score (nSPS) is 12.3. The number of carbonyl (C=O) groups excluding carboxylic acids is 1. The molecule has 1 atom stereocenters. The van der Waals surface area contributed by atoms with Crippen LogP contribution in [-0.4, -0.2) is 18.0 Å². The van der Waals surface area contributed by atoms with Gasteiger partial charge < -0.3 is 9.84 Å². The van der Waals surface area contributed by atoms with Gasteiger partial charge in [0, 0.05) is 0 Å². The molecule has 1 unspecified atom stereocenters. The Morgan fingerprint density at radius 2 is 2.27 bits per heavy atom. The second-order valence-corrected chi connectivity index (χ2v) is 3.63. The first-order valence-electron chi connectivity index (χ1n) is 4.52. The van der Waals surface area contributed by atoms with Crippen LogP contribution in [-0.2, 0) is 11.4 Å². The summed E-state index contributed by atoms with van der Waals surface area (Å²) in [5, 5.41) is 8.43. The number of ether oxygens (including phenoxy) is 1. The SMILES string of the molecule is COc1ccc(C(Cl)C(C)=O)c(CO)c1. The highest BCUT2D eigenvalue weighted by Crippen LogP contribution is 2.28. The van der Waals surface area contributed by atoms with Gasteiger partial charge in [-0.3, -0.25) is 4.79 Å². The topological polar surface area (TPSA) is 46.5 Å². The molecule has 0 saturated carbocycles.